The second-order valence-corrected chi connectivity index (χ2v) is 7.15. The van der Waals surface area contributed by atoms with Gasteiger partial charge in [-0.15, -0.1) is 0 Å². The Kier molecular flexibility index (Phi) is 28.2. The van der Waals surface area contributed by atoms with E-state index in [1.54, 1.807) is 20.4 Å². The molecule has 0 spiro atoms. The molecular weight excluding hydrogens is 428 g/mol. The van der Waals surface area contributed by atoms with Gasteiger partial charge in [-0.2, -0.15) is 0 Å². The fourth-order valence-electron chi connectivity index (χ4n) is 2.63. The van der Waals surface area contributed by atoms with Crippen LogP contribution in [0.25, 0.3) is 0 Å². The van der Waals surface area contributed by atoms with Crippen LogP contribution in [-0.4, -0.2) is 131 Å². The second kappa shape index (κ2) is 29.1. The third kappa shape index (κ3) is 27.1. The molecule has 33 heavy (non-hydrogen) atoms. The van der Waals surface area contributed by atoms with E-state index in [1.165, 1.54) is 0 Å². The summed E-state index contributed by atoms with van der Waals surface area (Å²) in [4.78, 5) is 10.1. The van der Waals surface area contributed by atoms with Gasteiger partial charge in [0.05, 0.1) is 46.2 Å². The van der Waals surface area contributed by atoms with E-state index in [4.69, 9.17) is 28.4 Å². The van der Waals surface area contributed by atoms with Crippen LogP contribution in [0.4, 0.5) is 0 Å². The van der Waals surface area contributed by atoms with E-state index in [0.29, 0.717) is 53.1 Å². The van der Waals surface area contributed by atoms with Crippen LogP contribution in [0.5, 0.6) is 0 Å². The Morgan fingerprint density at radius 3 is 2.27 bits per heavy atom. The van der Waals surface area contributed by atoms with Crippen LogP contribution in [0.1, 0.15) is 26.2 Å². The van der Waals surface area contributed by atoms with Crippen LogP contribution in [-0.2, 0) is 28.4 Å². The van der Waals surface area contributed by atoms with Gasteiger partial charge in [0, 0.05) is 59.6 Å². The van der Waals surface area contributed by atoms with E-state index < -0.39 is 0 Å². The minimum absolute atomic E-state index is 0.392. The lowest BCUT2D eigenvalue weighted by atomic mass is 10.4. The molecule has 0 aromatic rings. The van der Waals surface area contributed by atoms with Crippen LogP contribution >= 0.6 is 0 Å². The molecule has 1 aliphatic rings. The highest BCUT2D eigenvalue weighted by molar-refractivity contribution is 5.56. The van der Waals surface area contributed by atoms with Crippen molar-refractivity contribution in [3.05, 3.63) is 0 Å². The summed E-state index contributed by atoms with van der Waals surface area (Å²) < 4.78 is 32.7. The van der Waals surface area contributed by atoms with E-state index in [1.807, 2.05) is 13.1 Å². The first kappa shape index (κ1) is 32.0. The zero-order valence-corrected chi connectivity index (χ0v) is 21.2. The van der Waals surface area contributed by atoms with E-state index in [9.17, 15) is 0 Å². The van der Waals surface area contributed by atoms with Crippen molar-refractivity contribution in [3.8, 4) is 0 Å². The maximum Gasteiger partial charge on any atom is 0.138 e. The topological polar surface area (TPSA) is 95.4 Å². The molecule has 0 aromatic carbocycles. The minimum atomic E-state index is 0.392. The molecule has 0 amide bonds. The molecule has 1 heterocycles. The Labute approximate surface area is 201 Å². The monoisotopic (exact) mass is 476 g/mol. The Bertz CT molecular complexity index is 410. The van der Waals surface area contributed by atoms with Gasteiger partial charge in [0.2, 0.25) is 0 Å². The fourth-order valence-corrected chi connectivity index (χ4v) is 2.63. The zero-order chi connectivity index (χ0) is 24.1. The first-order chi connectivity index (χ1) is 16.3. The average Bonchev–Trinajstić information content (AvgIpc) is 2.82. The number of ether oxygens (including phenoxy) is 6. The third-order valence-corrected chi connectivity index (χ3v) is 4.38. The molecule has 0 unspecified atom stereocenters. The number of methoxy groups -OCH3 is 1. The highest BCUT2D eigenvalue weighted by atomic mass is 16.5. The molecule has 1 fully saturated rings. The SMILES string of the molecule is CC=NCOCN1CCCOCCOCCCNCCOCCOCC1.CN=CCCOC. The van der Waals surface area contributed by atoms with Crippen LogP contribution in [0.15, 0.2) is 9.98 Å². The van der Waals surface area contributed by atoms with Crippen LogP contribution in [0.3, 0.4) is 0 Å². The lowest BCUT2D eigenvalue weighted by molar-refractivity contribution is -0.00435. The maximum atomic E-state index is 5.65. The first-order valence-corrected chi connectivity index (χ1v) is 12.0. The minimum Gasteiger partial charge on any atom is -0.384 e. The smallest absolute Gasteiger partial charge is 0.138 e. The van der Waals surface area contributed by atoms with Crippen molar-refractivity contribution in [2.45, 2.75) is 26.2 Å². The highest BCUT2D eigenvalue weighted by Gasteiger charge is 2.05. The van der Waals surface area contributed by atoms with Crippen molar-refractivity contribution < 1.29 is 28.4 Å². The summed E-state index contributed by atoms with van der Waals surface area (Å²) in [6, 6.07) is 0. The molecule has 196 valence electrons. The van der Waals surface area contributed by atoms with E-state index in [2.05, 4.69) is 20.2 Å². The number of nitrogens with zero attached hydrogens (tertiary/aromatic N) is 3. The number of aliphatic imine (C=N–C) groups is 2. The van der Waals surface area contributed by atoms with Crippen molar-refractivity contribution >= 4 is 12.4 Å². The van der Waals surface area contributed by atoms with Crippen molar-refractivity contribution in [2.75, 3.05) is 113 Å². The summed E-state index contributed by atoms with van der Waals surface area (Å²) in [5.74, 6) is 0. The molecule has 1 rings (SSSR count). The summed E-state index contributed by atoms with van der Waals surface area (Å²) in [6.07, 6.45) is 6.46. The molecule has 1 aliphatic heterocycles. The summed E-state index contributed by atoms with van der Waals surface area (Å²) in [5, 5.41) is 3.33. The van der Waals surface area contributed by atoms with Crippen LogP contribution in [0.2, 0.25) is 0 Å². The van der Waals surface area contributed by atoms with Gasteiger partial charge in [-0.1, -0.05) is 0 Å². The third-order valence-electron chi connectivity index (χ3n) is 4.38. The van der Waals surface area contributed by atoms with Gasteiger partial charge in [0.25, 0.3) is 0 Å². The van der Waals surface area contributed by atoms with E-state index in [-0.39, 0.29) is 0 Å². The van der Waals surface area contributed by atoms with Gasteiger partial charge in [0.1, 0.15) is 13.5 Å². The molecule has 0 aliphatic carbocycles. The Hall–Kier alpha value is -0.980. The molecule has 1 saturated heterocycles. The summed E-state index contributed by atoms with van der Waals surface area (Å²) in [5.41, 5.74) is 0. The first-order valence-electron chi connectivity index (χ1n) is 12.0. The molecule has 0 radical (unpaired) electrons. The Morgan fingerprint density at radius 2 is 1.58 bits per heavy atom. The molecule has 10 heteroatoms. The number of hydrogen-bond donors (Lipinski definition) is 1. The maximum absolute atomic E-state index is 5.65. The van der Waals surface area contributed by atoms with Gasteiger partial charge in [-0.05, 0) is 32.5 Å². The Morgan fingerprint density at radius 1 is 0.879 bits per heavy atom. The lowest BCUT2D eigenvalue weighted by Gasteiger charge is -2.21. The quantitative estimate of drug-likeness (QED) is 0.436. The molecule has 10 nitrogen and oxygen atoms in total. The fraction of sp³-hybridized carbons (Fsp3) is 0.913. The number of rotatable bonds is 7. The zero-order valence-electron chi connectivity index (χ0n) is 21.2. The van der Waals surface area contributed by atoms with Gasteiger partial charge < -0.3 is 38.7 Å². The van der Waals surface area contributed by atoms with Crippen molar-refractivity contribution in [3.63, 3.8) is 0 Å². The summed E-state index contributed by atoms with van der Waals surface area (Å²) in [6.45, 7) is 12.5. The molecular formula is C23H48N4O6. The van der Waals surface area contributed by atoms with Crippen LogP contribution < -0.4 is 5.32 Å². The standard InChI is InChI=1S/C18H37N3O5.C5H11NO/c1-2-19-17-26-18-21-7-4-10-23-14-13-22-9-3-5-20-6-11-24-15-16-25-12-8-21;1-6-4-3-5-7-2/h2,20H,3-18H2,1H3;4H,3,5H2,1-2H3. The van der Waals surface area contributed by atoms with E-state index in [0.717, 1.165) is 65.3 Å². The number of hydrogen-bond acceptors (Lipinski definition) is 10. The van der Waals surface area contributed by atoms with Crippen molar-refractivity contribution in [1.82, 2.24) is 10.2 Å². The summed E-state index contributed by atoms with van der Waals surface area (Å²) in [7, 11) is 3.44. The van der Waals surface area contributed by atoms with Gasteiger partial charge >= 0.3 is 0 Å². The van der Waals surface area contributed by atoms with Crippen molar-refractivity contribution in [1.29, 1.82) is 0 Å². The van der Waals surface area contributed by atoms with E-state index >= 15 is 0 Å². The Balaban J connectivity index is 0.00000126. The largest absolute Gasteiger partial charge is 0.384 e. The van der Waals surface area contributed by atoms with Gasteiger partial charge in [-0.3, -0.25) is 9.89 Å². The average molecular weight is 477 g/mol. The predicted molar refractivity (Wildman–Crippen MR) is 133 cm³/mol. The summed E-state index contributed by atoms with van der Waals surface area (Å²) >= 11 is 0. The molecule has 1 N–H and O–H groups in total. The van der Waals surface area contributed by atoms with Gasteiger partial charge in [-0.25, -0.2) is 0 Å². The molecule has 0 aromatic heterocycles. The molecule has 0 bridgehead atoms. The second-order valence-electron chi connectivity index (χ2n) is 7.15. The predicted octanol–water partition coefficient (Wildman–Crippen LogP) is 1.48. The van der Waals surface area contributed by atoms with Crippen molar-refractivity contribution in [2.24, 2.45) is 9.98 Å². The normalized spacial score (nSPS) is 19.8. The van der Waals surface area contributed by atoms with Gasteiger partial charge in [0.15, 0.2) is 0 Å². The molecule has 0 saturated carbocycles. The lowest BCUT2D eigenvalue weighted by Crippen LogP contribution is -2.32. The molecule has 0 atom stereocenters. The number of nitrogens with one attached hydrogen (secondary N) is 1. The highest BCUT2D eigenvalue weighted by Crippen LogP contribution is 1.96. The van der Waals surface area contributed by atoms with Crippen LogP contribution in [0, 0.1) is 0 Å².